The molecule has 3 aromatic rings. The molecule has 1 heterocycles. The lowest BCUT2D eigenvalue weighted by molar-refractivity contribution is 0.0526. The molecule has 0 atom stereocenters. The quantitative estimate of drug-likeness (QED) is 0.483. The molecule has 1 aromatic heterocycles. The van der Waals surface area contributed by atoms with Crippen LogP contribution in [0.3, 0.4) is 0 Å². The molecule has 0 radical (unpaired) electrons. The number of ether oxygens (including phenoxy) is 1. The van der Waals surface area contributed by atoms with Crippen LogP contribution in [0.1, 0.15) is 28.5 Å². The highest BCUT2D eigenvalue weighted by Gasteiger charge is 2.13. The maximum Gasteiger partial charge on any atom is 0.338 e. The van der Waals surface area contributed by atoms with E-state index in [9.17, 15) is 9.59 Å². The summed E-state index contributed by atoms with van der Waals surface area (Å²) in [6.45, 7) is 3.05. The fourth-order valence-corrected chi connectivity index (χ4v) is 3.06. The number of anilines is 1. The Morgan fingerprint density at radius 2 is 1.75 bits per heavy atom. The van der Waals surface area contributed by atoms with Crippen molar-refractivity contribution in [2.45, 2.75) is 13.3 Å². The first kappa shape index (κ1) is 22.7. The van der Waals surface area contributed by atoms with Crippen molar-refractivity contribution < 1.29 is 14.3 Å². The van der Waals surface area contributed by atoms with Gasteiger partial charge in [0, 0.05) is 37.1 Å². The molecule has 164 valence electrons. The molecule has 2 aromatic carbocycles. The Labute approximate surface area is 188 Å². The Kier molecular flexibility index (Phi) is 8.57. The molecule has 0 fully saturated rings. The van der Waals surface area contributed by atoms with Crippen LogP contribution in [0.15, 0.2) is 85.1 Å². The van der Waals surface area contributed by atoms with Crippen molar-refractivity contribution >= 4 is 23.8 Å². The van der Waals surface area contributed by atoms with E-state index in [1.54, 1.807) is 42.3 Å². The third-order valence-corrected chi connectivity index (χ3v) is 4.73. The average molecular weight is 430 g/mol. The van der Waals surface area contributed by atoms with E-state index in [1.165, 1.54) is 0 Å². The van der Waals surface area contributed by atoms with E-state index in [2.05, 4.69) is 10.3 Å². The first-order chi connectivity index (χ1) is 15.7. The monoisotopic (exact) mass is 429 g/mol. The van der Waals surface area contributed by atoms with Crippen LogP contribution in [-0.2, 0) is 11.2 Å². The molecule has 0 unspecified atom stereocenters. The van der Waals surface area contributed by atoms with Gasteiger partial charge in [-0.1, -0.05) is 48.6 Å². The lowest BCUT2D eigenvalue weighted by Crippen LogP contribution is -2.36. The molecule has 6 nitrogen and oxygen atoms in total. The largest absolute Gasteiger partial charge is 0.462 e. The van der Waals surface area contributed by atoms with E-state index in [-0.39, 0.29) is 12.0 Å². The summed E-state index contributed by atoms with van der Waals surface area (Å²) in [6.07, 6.45) is 6.36. The van der Waals surface area contributed by atoms with Crippen molar-refractivity contribution in [3.05, 3.63) is 102 Å². The maximum absolute atomic E-state index is 13.0. The summed E-state index contributed by atoms with van der Waals surface area (Å²) in [4.78, 5) is 30.8. The second kappa shape index (κ2) is 12.1. The standard InChI is InChI=1S/C26H27N3O3/c1-2-32-25(30)22-13-15-24(16-14-22)28-26(31)29(20-17-23-12-6-7-18-27-23)19-8-11-21-9-4-3-5-10-21/h3-16,18H,2,17,19-20H2,1H3,(H,28,31)/b11-8+. The summed E-state index contributed by atoms with van der Waals surface area (Å²) in [7, 11) is 0. The normalized spacial score (nSPS) is 10.7. The van der Waals surface area contributed by atoms with Gasteiger partial charge in [-0.25, -0.2) is 9.59 Å². The molecule has 0 spiro atoms. The minimum absolute atomic E-state index is 0.220. The van der Waals surface area contributed by atoms with E-state index < -0.39 is 0 Å². The number of urea groups is 1. The summed E-state index contributed by atoms with van der Waals surface area (Å²) < 4.78 is 4.99. The van der Waals surface area contributed by atoms with Crippen LogP contribution in [0.4, 0.5) is 10.5 Å². The zero-order chi connectivity index (χ0) is 22.6. The summed E-state index contributed by atoms with van der Waals surface area (Å²) in [5.41, 5.74) is 3.06. The zero-order valence-electron chi connectivity index (χ0n) is 18.1. The Bertz CT molecular complexity index is 1020. The van der Waals surface area contributed by atoms with Gasteiger partial charge >= 0.3 is 12.0 Å². The number of esters is 1. The summed E-state index contributed by atoms with van der Waals surface area (Å²) >= 11 is 0. The second-order valence-corrected chi connectivity index (χ2v) is 7.06. The van der Waals surface area contributed by atoms with Crippen LogP contribution >= 0.6 is 0 Å². The number of benzene rings is 2. The molecule has 0 saturated carbocycles. The van der Waals surface area contributed by atoms with Gasteiger partial charge in [-0.15, -0.1) is 0 Å². The van der Waals surface area contributed by atoms with Crippen LogP contribution in [0, 0.1) is 0 Å². The average Bonchev–Trinajstić information content (AvgIpc) is 2.83. The van der Waals surface area contributed by atoms with Crippen LogP contribution in [0.2, 0.25) is 0 Å². The number of aromatic nitrogens is 1. The number of rotatable bonds is 9. The highest BCUT2D eigenvalue weighted by molar-refractivity contribution is 5.92. The molecule has 0 aliphatic carbocycles. The first-order valence-electron chi connectivity index (χ1n) is 10.6. The van der Waals surface area contributed by atoms with Gasteiger partial charge < -0.3 is 15.0 Å². The Morgan fingerprint density at radius 3 is 2.44 bits per heavy atom. The number of pyridine rings is 1. The number of nitrogens with one attached hydrogen (secondary N) is 1. The maximum atomic E-state index is 13.0. The lowest BCUT2D eigenvalue weighted by Gasteiger charge is -2.22. The molecule has 6 heteroatoms. The van der Waals surface area contributed by atoms with Crippen LogP contribution in [0.25, 0.3) is 6.08 Å². The number of carbonyl (C=O) groups excluding carboxylic acids is 2. The highest BCUT2D eigenvalue weighted by Crippen LogP contribution is 2.12. The van der Waals surface area contributed by atoms with Crippen molar-refractivity contribution in [3.63, 3.8) is 0 Å². The van der Waals surface area contributed by atoms with Crippen LogP contribution < -0.4 is 5.32 Å². The van der Waals surface area contributed by atoms with Crippen LogP contribution in [-0.4, -0.2) is 41.6 Å². The molecular formula is C26H27N3O3. The van der Waals surface area contributed by atoms with Gasteiger partial charge in [-0.2, -0.15) is 0 Å². The number of hydrogen-bond donors (Lipinski definition) is 1. The van der Waals surface area contributed by atoms with E-state index in [0.717, 1.165) is 11.3 Å². The minimum Gasteiger partial charge on any atom is -0.462 e. The van der Waals surface area contributed by atoms with Gasteiger partial charge in [-0.3, -0.25) is 4.98 Å². The molecule has 2 amide bonds. The Morgan fingerprint density at radius 1 is 1.00 bits per heavy atom. The van der Waals surface area contributed by atoms with E-state index in [1.807, 2.05) is 60.7 Å². The van der Waals surface area contributed by atoms with Crippen molar-refractivity contribution in [1.82, 2.24) is 9.88 Å². The van der Waals surface area contributed by atoms with Gasteiger partial charge in [0.1, 0.15) is 0 Å². The van der Waals surface area contributed by atoms with Gasteiger partial charge in [0.15, 0.2) is 0 Å². The fourth-order valence-electron chi connectivity index (χ4n) is 3.06. The lowest BCUT2D eigenvalue weighted by atomic mass is 10.2. The summed E-state index contributed by atoms with van der Waals surface area (Å²) in [5.74, 6) is -0.381. The third-order valence-electron chi connectivity index (χ3n) is 4.73. The minimum atomic E-state index is -0.381. The predicted octanol–water partition coefficient (Wildman–Crippen LogP) is 5.05. The topological polar surface area (TPSA) is 71.5 Å². The molecule has 3 rings (SSSR count). The Balaban J connectivity index is 1.65. The van der Waals surface area contributed by atoms with Crippen molar-refractivity contribution in [3.8, 4) is 0 Å². The number of nitrogens with zero attached hydrogens (tertiary/aromatic N) is 2. The van der Waals surface area contributed by atoms with Crippen LogP contribution in [0.5, 0.6) is 0 Å². The highest BCUT2D eigenvalue weighted by atomic mass is 16.5. The Hall–Kier alpha value is -3.93. The van der Waals surface area contributed by atoms with Gasteiger partial charge in [-0.05, 0) is 48.9 Å². The van der Waals surface area contributed by atoms with E-state index >= 15 is 0 Å². The van der Waals surface area contributed by atoms with Crippen molar-refractivity contribution in [1.29, 1.82) is 0 Å². The summed E-state index contributed by atoms with van der Waals surface area (Å²) in [5, 5.41) is 2.91. The van der Waals surface area contributed by atoms with Crippen molar-refractivity contribution in [2.75, 3.05) is 25.0 Å². The zero-order valence-corrected chi connectivity index (χ0v) is 18.1. The number of amides is 2. The molecule has 0 aliphatic heterocycles. The second-order valence-electron chi connectivity index (χ2n) is 7.06. The van der Waals surface area contributed by atoms with Gasteiger partial charge in [0.2, 0.25) is 0 Å². The first-order valence-corrected chi connectivity index (χ1v) is 10.6. The smallest absolute Gasteiger partial charge is 0.338 e. The van der Waals surface area contributed by atoms with Gasteiger partial charge in [0.05, 0.1) is 12.2 Å². The number of hydrogen-bond acceptors (Lipinski definition) is 4. The fraction of sp³-hybridized carbons (Fsp3) is 0.192. The summed E-state index contributed by atoms with van der Waals surface area (Å²) in [6, 6.07) is 22.2. The SMILES string of the molecule is CCOC(=O)c1ccc(NC(=O)N(C/C=C/c2ccccc2)CCc2ccccn2)cc1. The molecule has 0 bridgehead atoms. The number of carbonyl (C=O) groups is 2. The molecule has 32 heavy (non-hydrogen) atoms. The van der Waals surface area contributed by atoms with Gasteiger partial charge in [0.25, 0.3) is 0 Å². The molecule has 1 N–H and O–H groups in total. The predicted molar refractivity (Wildman–Crippen MR) is 126 cm³/mol. The van der Waals surface area contributed by atoms with Crippen molar-refractivity contribution in [2.24, 2.45) is 0 Å². The molecular weight excluding hydrogens is 402 g/mol. The van der Waals surface area contributed by atoms with E-state index in [0.29, 0.717) is 37.4 Å². The third kappa shape index (κ3) is 7.09. The molecule has 0 aliphatic rings. The molecule has 0 saturated heterocycles. The van der Waals surface area contributed by atoms with E-state index in [4.69, 9.17) is 4.74 Å².